The summed E-state index contributed by atoms with van der Waals surface area (Å²) in [6.07, 6.45) is 2.21. The normalized spacial score (nSPS) is 31.7. The van der Waals surface area contributed by atoms with Crippen molar-refractivity contribution in [2.24, 2.45) is 5.16 Å². The number of β-lactam (4-membered cyclic amide) rings is 1. The van der Waals surface area contributed by atoms with Crippen LogP contribution in [0.3, 0.4) is 0 Å². The molecule has 18 heavy (non-hydrogen) atoms. The zero-order chi connectivity index (χ0) is 12.9. The second-order valence-corrected chi connectivity index (χ2v) is 5.22. The van der Waals surface area contributed by atoms with Crippen LogP contribution in [-0.2, 0) is 14.4 Å². The third kappa shape index (κ3) is 1.54. The maximum absolute atomic E-state index is 11.9. The Morgan fingerprint density at radius 2 is 2.50 bits per heavy atom. The largest absolute Gasteiger partial charge is 0.477 e. The first kappa shape index (κ1) is 11.3. The zero-order valence-corrected chi connectivity index (χ0v) is 10.3. The van der Waals surface area contributed by atoms with Crippen molar-refractivity contribution in [2.75, 3.05) is 0 Å². The number of thioether (sulfide) groups is 1. The fraction of sp³-hybridized carbons (Fsp3) is 0.364. The average Bonchev–Trinajstić information content (AvgIpc) is 2.89. The van der Waals surface area contributed by atoms with Gasteiger partial charge in [0, 0.05) is 11.8 Å². The number of rotatable bonds is 2. The lowest BCUT2D eigenvalue weighted by molar-refractivity contribution is -0.141. The van der Waals surface area contributed by atoms with Crippen molar-refractivity contribution in [1.29, 1.82) is 0 Å². The zero-order valence-electron chi connectivity index (χ0n) is 9.49. The van der Waals surface area contributed by atoms with Crippen LogP contribution in [-0.4, -0.2) is 39.1 Å². The van der Waals surface area contributed by atoms with Crippen LogP contribution in [0, 0.1) is 0 Å². The molecule has 0 radical (unpaired) electrons. The van der Waals surface area contributed by atoms with Gasteiger partial charge in [-0.2, -0.15) is 0 Å². The van der Waals surface area contributed by atoms with Gasteiger partial charge >= 0.3 is 5.97 Å². The third-order valence-electron chi connectivity index (χ3n) is 2.96. The predicted octanol–water partition coefficient (Wildman–Crippen LogP) is 0.919. The molecule has 1 N–H and O–H groups in total. The Hall–Kier alpha value is -1.76. The lowest BCUT2D eigenvalue weighted by Crippen LogP contribution is -2.51. The molecule has 0 aromatic carbocycles. The lowest BCUT2D eigenvalue weighted by Gasteiger charge is -2.37. The molecule has 0 saturated carbocycles. The fourth-order valence-electron chi connectivity index (χ4n) is 2.10. The number of hydrogen-bond acceptors (Lipinski definition) is 5. The number of carboxylic acids is 1. The third-order valence-corrected chi connectivity index (χ3v) is 4.04. The monoisotopic (exact) mass is 266 g/mol. The molecule has 1 fully saturated rings. The summed E-state index contributed by atoms with van der Waals surface area (Å²) in [5.74, 6) is -1.33. The van der Waals surface area contributed by atoms with Gasteiger partial charge in [-0.05, 0) is 13.0 Å². The standard InChI is InChI=1S/C11H10N2O4S/c1-5-2-6(17-12-5)3-7-9(14)13-8(11(15)16)4-18-10(7)13/h3-4,6,10H,2H2,1H3,(H,15,16)/b7-3-/t6?,10-/m1/s1. The molecule has 3 rings (SSSR count). The molecule has 0 aliphatic carbocycles. The Bertz CT molecular complexity index is 537. The minimum Gasteiger partial charge on any atom is -0.477 e. The summed E-state index contributed by atoms with van der Waals surface area (Å²) >= 11 is 1.33. The molecule has 6 nitrogen and oxygen atoms in total. The highest BCUT2D eigenvalue weighted by Gasteiger charge is 2.49. The number of carboxylic acid groups (broad SMARTS) is 1. The summed E-state index contributed by atoms with van der Waals surface area (Å²) in [6, 6.07) is 0. The molecule has 0 spiro atoms. The Morgan fingerprint density at radius 1 is 1.72 bits per heavy atom. The van der Waals surface area contributed by atoms with Gasteiger partial charge < -0.3 is 9.94 Å². The SMILES string of the molecule is CC1=NOC(/C=C2/C(=O)N3C(C(=O)O)=CS[C@H]23)C1. The predicted molar refractivity (Wildman–Crippen MR) is 64.6 cm³/mol. The minimum atomic E-state index is -1.08. The van der Waals surface area contributed by atoms with Crippen molar-refractivity contribution in [2.45, 2.75) is 24.8 Å². The van der Waals surface area contributed by atoms with E-state index in [0.29, 0.717) is 12.0 Å². The molecule has 1 amide bonds. The van der Waals surface area contributed by atoms with Crippen molar-refractivity contribution in [1.82, 2.24) is 4.90 Å². The highest BCUT2D eigenvalue weighted by molar-refractivity contribution is 8.03. The van der Waals surface area contributed by atoms with Crippen LogP contribution in [0.2, 0.25) is 0 Å². The van der Waals surface area contributed by atoms with Gasteiger partial charge in [0.15, 0.2) is 6.10 Å². The number of nitrogens with zero attached hydrogens (tertiary/aromatic N) is 2. The molecule has 0 aromatic rings. The first-order valence-electron chi connectivity index (χ1n) is 5.41. The minimum absolute atomic E-state index is 0.0481. The number of hydrogen-bond donors (Lipinski definition) is 1. The highest BCUT2D eigenvalue weighted by Crippen LogP contribution is 2.44. The maximum atomic E-state index is 11.9. The molecule has 0 aromatic heterocycles. The lowest BCUT2D eigenvalue weighted by atomic mass is 10.0. The average molecular weight is 266 g/mol. The van der Waals surface area contributed by atoms with E-state index >= 15 is 0 Å². The molecule has 3 aliphatic heterocycles. The van der Waals surface area contributed by atoms with Crippen LogP contribution in [0.25, 0.3) is 0 Å². The van der Waals surface area contributed by atoms with E-state index < -0.39 is 5.97 Å². The van der Waals surface area contributed by atoms with Crippen molar-refractivity contribution >= 4 is 29.4 Å². The number of oxime groups is 1. The Kier molecular flexibility index (Phi) is 2.44. The molecule has 3 heterocycles. The second kappa shape index (κ2) is 3.88. The van der Waals surface area contributed by atoms with Crippen LogP contribution in [0.5, 0.6) is 0 Å². The summed E-state index contributed by atoms with van der Waals surface area (Å²) in [7, 11) is 0. The summed E-state index contributed by atoms with van der Waals surface area (Å²) in [5.41, 5.74) is 1.54. The summed E-state index contributed by atoms with van der Waals surface area (Å²) in [5, 5.41) is 14.0. The quantitative estimate of drug-likeness (QED) is 0.594. The van der Waals surface area contributed by atoms with Crippen LogP contribution in [0.1, 0.15) is 13.3 Å². The van der Waals surface area contributed by atoms with E-state index in [0.717, 1.165) is 5.71 Å². The van der Waals surface area contributed by atoms with Gasteiger partial charge in [-0.25, -0.2) is 4.79 Å². The van der Waals surface area contributed by atoms with E-state index in [1.807, 2.05) is 6.92 Å². The first-order chi connectivity index (χ1) is 8.58. The Labute approximate surface area is 107 Å². The molecule has 1 saturated heterocycles. The molecule has 0 bridgehead atoms. The van der Waals surface area contributed by atoms with Crippen molar-refractivity contribution < 1.29 is 19.5 Å². The Morgan fingerprint density at radius 3 is 3.11 bits per heavy atom. The summed E-state index contributed by atoms with van der Waals surface area (Å²) < 4.78 is 0. The van der Waals surface area contributed by atoms with E-state index in [-0.39, 0.29) is 23.1 Å². The number of fused-ring (bicyclic) bond motifs is 1. The van der Waals surface area contributed by atoms with Crippen LogP contribution >= 0.6 is 11.8 Å². The van der Waals surface area contributed by atoms with Crippen molar-refractivity contribution in [3.8, 4) is 0 Å². The van der Waals surface area contributed by atoms with Gasteiger partial charge in [0.05, 0.1) is 11.3 Å². The van der Waals surface area contributed by atoms with Gasteiger partial charge in [0.25, 0.3) is 5.91 Å². The molecule has 94 valence electrons. The van der Waals surface area contributed by atoms with Gasteiger partial charge in [-0.3, -0.25) is 9.69 Å². The first-order valence-corrected chi connectivity index (χ1v) is 6.35. The van der Waals surface area contributed by atoms with Gasteiger partial charge in [-0.1, -0.05) is 5.16 Å². The van der Waals surface area contributed by atoms with Gasteiger partial charge in [-0.15, -0.1) is 11.8 Å². The van der Waals surface area contributed by atoms with Crippen LogP contribution < -0.4 is 0 Å². The van der Waals surface area contributed by atoms with Gasteiger partial charge in [0.2, 0.25) is 0 Å². The molecule has 1 unspecified atom stereocenters. The van der Waals surface area contributed by atoms with Crippen LogP contribution in [0.15, 0.2) is 27.9 Å². The van der Waals surface area contributed by atoms with E-state index in [2.05, 4.69) is 5.16 Å². The molecule has 7 heteroatoms. The Balaban J connectivity index is 1.75. The summed E-state index contributed by atoms with van der Waals surface area (Å²) in [4.78, 5) is 29.2. The van der Waals surface area contributed by atoms with Crippen molar-refractivity contribution in [3.63, 3.8) is 0 Å². The maximum Gasteiger partial charge on any atom is 0.353 e. The topological polar surface area (TPSA) is 79.2 Å². The smallest absolute Gasteiger partial charge is 0.353 e. The van der Waals surface area contributed by atoms with E-state index in [1.54, 1.807) is 6.08 Å². The van der Waals surface area contributed by atoms with Gasteiger partial charge in [0.1, 0.15) is 11.1 Å². The highest BCUT2D eigenvalue weighted by atomic mass is 32.2. The molecular formula is C11H10N2O4S. The number of carbonyl (C=O) groups excluding carboxylic acids is 1. The van der Waals surface area contributed by atoms with Crippen LogP contribution in [0.4, 0.5) is 0 Å². The molecular weight excluding hydrogens is 256 g/mol. The second-order valence-electron chi connectivity index (χ2n) is 4.27. The molecule has 2 atom stereocenters. The van der Waals surface area contributed by atoms with Crippen molar-refractivity contribution in [3.05, 3.63) is 22.8 Å². The molecule has 3 aliphatic rings. The fourth-order valence-corrected chi connectivity index (χ4v) is 3.23. The van der Waals surface area contributed by atoms with E-state index in [4.69, 9.17) is 9.94 Å². The number of carbonyl (C=O) groups is 2. The number of amides is 1. The van der Waals surface area contributed by atoms with E-state index in [1.165, 1.54) is 22.1 Å². The van der Waals surface area contributed by atoms with E-state index in [9.17, 15) is 9.59 Å². The number of aliphatic carboxylic acids is 1. The summed E-state index contributed by atoms with van der Waals surface area (Å²) in [6.45, 7) is 1.86.